The summed E-state index contributed by atoms with van der Waals surface area (Å²) in [6, 6.07) is -0.112. The molecule has 1 aliphatic rings. The number of rotatable bonds is 45. The molecule has 1 N–H and O–H groups in total. The summed E-state index contributed by atoms with van der Waals surface area (Å²) in [5.41, 5.74) is 0. The zero-order chi connectivity index (χ0) is 48.4. The van der Waals surface area contributed by atoms with Gasteiger partial charge in [-0.05, 0) is 76.7 Å². The van der Waals surface area contributed by atoms with Crippen LogP contribution in [0.5, 0.6) is 0 Å². The zero-order valence-electron chi connectivity index (χ0n) is 45.2. The van der Waals surface area contributed by atoms with Crippen molar-refractivity contribution in [3.05, 3.63) is 0 Å². The van der Waals surface area contributed by atoms with Gasteiger partial charge >= 0.3 is 11.9 Å². The molecule has 4 unspecified atom stereocenters. The van der Waals surface area contributed by atoms with E-state index in [1.807, 2.05) is 13.8 Å². The van der Waals surface area contributed by atoms with E-state index in [4.69, 9.17) is 14.6 Å². The Labute approximate surface area is 406 Å². The van der Waals surface area contributed by atoms with Gasteiger partial charge in [-0.1, -0.05) is 229 Å². The maximum Gasteiger partial charge on any atom is 0.323 e. The highest BCUT2D eigenvalue weighted by Crippen LogP contribution is 2.26. The van der Waals surface area contributed by atoms with Crippen LogP contribution in [0.1, 0.15) is 299 Å². The number of carbonyl (C=O) groups is 3. The van der Waals surface area contributed by atoms with Gasteiger partial charge in [-0.2, -0.15) is 0 Å². The number of esters is 2. The Bertz CT molecular complexity index is 1000. The first-order valence-electron chi connectivity index (χ1n) is 29.0. The van der Waals surface area contributed by atoms with Crippen LogP contribution in [0.3, 0.4) is 0 Å². The summed E-state index contributed by atoms with van der Waals surface area (Å²) < 4.78 is 11.6. The molecule has 1 aliphatic heterocycles. The summed E-state index contributed by atoms with van der Waals surface area (Å²) in [4.78, 5) is 41.6. The number of aliphatic hydroxyl groups excluding tert-OH is 1. The highest BCUT2D eigenvalue weighted by Gasteiger charge is 2.35. The largest absolute Gasteiger partial charge is 0.465 e. The van der Waals surface area contributed by atoms with Crippen LogP contribution in [0.25, 0.3) is 0 Å². The third-order valence-corrected chi connectivity index (χ3v) is 13.5. The van der Waals surface area contributed by atoms with Crippen LogP contribution in [0.2, 0.25) is 0 Å². The number of carbonyl (C=O) groups excluding carboxylic acids is 3. The summed E-state index contributed by atoms with van der Waals surface area (Å²) in [5, 5.41) is 8.20. The molecule has 0 saturated carbocycles. The minimum absolute atomic E-state index is 0.0368. The number of hydrogen-bond acceptors (Lipinski definition) is 7. The molecule has 4 atom stereocenters. The SMILES string of the molecule is CC.CCCCCCCCC(CCCCCC)C(=O)CCCCCCCOC(=O)C1CC(C)CN1CCCCCCOC(=O)C(CCCCCC)CCCCCCCC.CCCCCO. The van der Waals surface area contributed by atoms with Crippen LogP contribution < -0.4 is 0 Å². The van der Waals surface area contributed by atoms with E-state index in [9.17, 15) is 14.4 Å². The molecule has 1 saturated heterocycles. The summed E-state index contributed by atoms with van der Waals surface area (Å²) >= 11 is 0. The minimum atomic E-state index is -0.112. The van der Waals surface area contributed by atoms with Gasteiger partial charge in [0.25, 0.3) is 0 Å². The average molecular weight is 923 g/mol. The van der Waals surface area contributed by atoms with Crippen molar-refractivity contribution in [3.63, 3.8) is 0 Å². The van der Waals surface area contributed by atoms with Gasteiger partial charge in [-0.3, -0.25) is 19.3 Å². The van der Waals surface area contributed by atoms with E-state index in [0.29, 0.717) is 31.5 Å². The molecule has 1 rings (SSSR count). The van der Waals surface area contributed by atoms with Gasteiger partial charge in [-0.15, -0.1) is 0 Å². The van der Waals surface area contributed by atoms with E-state index in [0.717, 1.165) is 135 Å². The second-order valence-corrected chi connectivity index (χ2v) is 19.7. The maximum absolute atomic E-state index is 13.1. The Morgan fingerprint density at radius 1 is 0.492 bits per heavy atom. The van der Waals surface area contributed by atoms with Gasteiger partial charge in [0.15, 0.2) is 0 Å². The second kappa shape index (κ2) is 51.9. The van der Waals surface area contributed by atoms with Crippen LogP contribution in [-0.4, -0.2) is 66.7 Å². The fourth-order valence-corrected chi connectivity index (χ4v) is 9.28. The van der Waals surface area contributed by atoms with Crippen molar-refractivity contribution < 1.29 is 29.0 Å². The monoisotopic (exact) mass is 922 g/mol. The number of ether oxygens (including phenoxy) is 2. The van der Waals surface area contributed by atoms with E-state index in [2.05, 4.69) is 46.4 Å². The van der Waals surface area contributed by atoms with Crippen molar-refractivity contribution in [3.8, 4) is 0 Å². The van der Waals surface area contributed by atoms with Gasteiger partial charge in [0.2, 0.25) is 0 Å². The molecule has 65 heavy (non-hydrogen) atoms. The number of hydrogen-bond donors (Lipinski definition) is 1. The average Bonchev–Trinajstić information content (AvgIpc) is 3.70. The Morgan fingerprint density at radius 3 is 1.35 bits per heavy atom. The van der Waals surface area contributed by atoms with E-state index in [1.165, 1.54) is 122 Å². The van der Waals surface area contributed by atoms with E-state index < -0.39 is 0 Å². The predicted octanol–water partition coefficient (Wildman–Crippen LogP) is 17.1. The molecule has 0 amide bonds. The molecule has 0 radical (unpaired) electrons. The molecule has 7 heteroatoms. The number of likely N-dealkylation sites (tertiary alicyclic amines) is 1. The molecule has 7 nitrogen and oxygen atoms in total. The van der Waals surface area contributed by atoms with Crippen LogP contribution >= 0.6 is 0 Å². The Kier molecular flexibility index (Phi) is 52.4. The standard InChI is InChI=1S/C51H97NO5.C5H12O.C2H6/c1-6-10-14-18-21-29-36-46(35-27-16-12-8-3)49(53)39-31-23-20-25-33-42-57-51(55)48-43-45(5)44-52(48)40-32-24-26-34-41-56-50(54)47(37-28-17-13-9-4)38-30-22-19-15-11-7-2;1-2-3-4-5-6;1-2/h45-48H,6-44H2,1-5H3;6H,2-5H2,1H3;1-2H3. The Morgan fingerprint density at radius 2 is 0.877 bits per heavy atom. The fourth-order valence-electron chi connectivity index (χ4n) is 9.28. The molecular weight excluding hydrogens is 807 g/mol. The van der Waals surface area contributed by atoms with E-state index in [1.54, 1.807) is 0 Å². The van der Waals surface area contributed by atoms with Crippen molar-refractivity contribution in [2.45, 2.75) is 305 Å². The molecule has 0 aromatic heterocycles. The van der Waals surface area contributed by atoms with Gasteiger partial charge in [0.05, 0.1) is 19.1 Å². The first-order chi connectivity index (χ1) is 31.8. The van der Waals surface area contributed by atoms with E-state index >= 15 is 0 Å². The van der Waals surface area contributed by atoms with Crippen molar-refractivity contribution in [2.24, 2.45) is 17.8 Å². The summed E-state index contributed by atoms with van der Waals surface area (Å²) in [7, 11) is 0. The topological polar surface area (TPSA) is 93.1 Å². The van der Waals surface area contributed by atoms with E-state index in [-0.39, 0.29) is 29.8 Å². The van der Waals surface area contributed by atoms with Crippen LogP contribution in [0.15, 0.2) is 0 Å². The Hall–Kier alpha value is -1.47. The van der Waals surface area contributed by atoms with Gasteiger partial charge in [0, 0.05) is 25.5 Å². The Balaban J connectivity index is 0. The lowest BCUT2D eigenvalue weighted by Crippen LogP contribution is -2.38. The molecule has 0 spiro atoms. The molecule has 0 aliphatic carbocycles. The number of unbranched alkanes of at least 4 members (excludes halogenated alkanes) is 25. The minimum Gasteiger partial charge on any atom is -0.465 e. The van der Waals surface area contributed by atoms with Crippen molar-refractivity contribution in [2.75, 3.05) is 32.9 Å². The third-order valence-electron chi connectivity index (χ3n) is 13.5. The molecular formula is C58H115NO6. The molecule has 388 valence electrons. The van der Waals surface area contributed by atoms with Crippen LogP contribution in [0.4, 0.5) is 0 Å². The molecule has 0 aromatic carbocycles. The number of ketones is 1. The van der Waals surface area contributed by atoms with Gasteiger partial charge < -0.3 is 14.6 Å². The normalized spacial score (nSPS) is 15.7. The first kappa shape index (κ1) is 65.6. The highest BCUT2D eigenvalue weighted by molar-refractivity contribution is 5.80. The van der Waals surface area contributed by atoms with Crippen molar-refractivity contribution in [1.82, 2.24) is 4.90 Å². The van der Waals surface area contributed by atoms with Crippen molar-refractivity contribution >= 4 is 17.7 Å². The summed E-state index contributed by atoms with van der Waals surface area (Å²) in [6.07, 6.45) is 43.5. The molecule has 1 fully saturated rings. The summed E-state index contributed by atoms with van der Waals surface area (Å²) in [6.45, 7) is 20.7. The maximum atomic E-state index is 13.1. The van der Waals surface area contributed by atoms with Crippen LogP contribution in [0, 0.1) is 17.8 Å². The zero-order valence-corrected chi connectivity index (χ0v) is 45.2. The quantitative estimate of drug-likeness (QED) is 0.0480. The smallest absolute Gasteiger partial charge is 0.323 e. The van der Waals surface area contributed by atoms with Gasteiger partial charge in [0.1, 0.15) is 11.8 Å². The number of nitrogens with zero attached hydrogens (tertiary/aromatic N) is 1. The highest BCUT2D eigenvalue weighted by atomic mass is 16.5. The molecule has 1 heterocycles. The fraction of sp³-hybridized carbons (Fsp3) is 0.948. The number of Topliss-reactive ketones (excluding diaryl/α,β-unsaturated/α-hetero) is 1. The molecule has 0 bridgehead atoms. The second-order valence-electron chi connectivity index (χ2n) is 19.7. The lowest BCUT2D eigenvalue weighted by Gasteiger charge is -2.23. The third kappa shape index (κ3) is 41.2. The lowest BCUT2D eigenvalue weighted by molar-refractivity contribution is -0.150. The lowest BCUT2D eigenvalue weighted by atomic mass is 9.88. The number of aliphatic hydroxyl groups is 1. The van der Waals surface area contributed by atoms with Gasteiger partial charge in [-0.25, -0.2) is 0 Å². The first-order valence-corrected chi connectivity index (χ1v) is 29.0. The summed E-state index contributed by atoms with van der Waals surface area (Å²) in [5.74, 6) is 1.38. The molecule has 0 aromatic rings. The van der Waals surface area contributed by atoms with Crippen LogP contribution in [-0.2, 0) is 23.9 Å². The predicted molar refractivity (Wildman–Crippen MR) is 281 cm³/mol. The van der Waals surface area contributed by atoms with Crippen molar-refractivity contribution in [1.29, 1.82) is 0 Å².